The molecule has 0 aliphatic carbocycles. The van der Waals surface area contributed by atoms with E-state index in [2.05, 4.69) is 20.0 Å². The number of hydrogen-bond acceptors (Lipinski definition) is 7. The molecule has 184 valence electrons. The van der Waals surface area contributed by atoms with E-state index < -0.39 is 11.1 Å². The molecule has 0 aliphatic heterocycles. The molecule has 2 N–H and O–H groups in total. The second kappa shape index (κ2) is 11.2. The van der Waals surface area contributed by atoms with Crippen LogP contribution >= 0.6 is 23.3 Å². The SMILES string of the molecule is O=C(Cc1ccccc1)NSC(=O)Nc1ccc(Oc2ccnc3cc(-c4cccnc4)sc23)c(F)c1. The number of carbonyl (C=O) groups is 2. The van der Waals surface area contributed by atoms with E-state index in [1.807, 2.05) is 48.5 Å². The molecular weight excluding hydrogens is 511 g/mol. The Labute approximate surface area is 219 Å². The Morgan fingerprint density at radius 3 is 2.62 bits per heavy atom. The van der Waals surface area contributed by atoms with Gasteiger partial charge >= 0.3 is 5.24 Å². The van der Waals surface area contributed by atoms with Gasteiger partial charge in [0.2, 0.25) is 5.91 Å². The maximum atomic E-state index is 14.8. The maximum absolute atomic E-state index is 14.8. The zero-order valence-corrected chi connectivity index (χ0v) is 20.8. The maximum Gasteiger partial charge on any atom is 0.304 e. The Hall–Kier alpha value is -4.28. The third-order valence-corrected chi connectivity index (χ3v) is 6.99. The Balaban J connectivity index is 1.22. The molecule has 5 aromatic rings. The Kier molecular flexibility index (Phi) is 7.38. The highest BCUT2D eigenvalue weighted by atomic mass is 32.2. The van der Waals surface area contributed by atoms with E-state index in [1.54, 1.807) is 24.7 Å². The molecule has 0 aliphatic rings. The molecule has 0 bridgehead atoms. The Bertz CT molecular complexity index is 1560. The number of ether oxygens (including phenoxy) is 1. The monoisotopic (exact) mass is 530 g/mol. The van der Waals surface area contributed by atoms with Gasteiger partial charge in [-0.05, 0) is 29.8 Å². The highest BCUT2D eigenvalue weighted by Gasteiger charge is 2.14. The number of hydrogen-bond donors (Lipinski definition) is 2. The smallest absolute Gasteiger partial charge is 0.304 e. The first-order valence-electron chi connectivity index (χ1n) is 11.1. The van der Waals surface area contributed by atoms with Crippen molar-refractivity contribution in [3.05, 3.63) is 103 Å². The van der Waals surface area contributed by atoms with Gasteiger partial charge < -0.3 is 10.1 Å². The standard InChI is InChI=1S/C27H19FN4O3S2/c28-20-14-19(31-27(34)37-32-25(33)13-17-5-2-1-3-6-17)8-9-22(20)35-23-10-12-30-21-15-24(36-26(21)23)18-7-4-11-29-16-18/h1-12,14-16H,13H2,(H,31,34)(H,32,33). The van der Waals surface area contributed by atoms with E-state index in [1.165, 1.54) is 23.5 Å². The predicted octanol–water partition coefficient (Wildman–Crippen LogP) is 6.83. The van der Waals surface area contributed by atoms with Crippen molar-refractivity contribution >= 4 is 50.3 Å². The molecule has 0 fully saturated rings. The summed E-state index contributed by atoms with van der Waals surface area (Å²) in [5.74, 6) is -0.488. The summed E-state index contributed by atoms with van der Waals surface area (Å²) in [7, 11) is 0. The topological polar surface area (TPSA) is 93.2 Å². The fourth-order valence-corrected chi connectivity index (χ4v) is 4.99. The van der Waals surface area contributed by atoms with Crippen LogP contribution in [0.2, 0.25) is 0 Å². The lowest BCUT2D eigenvalue weighted by atomic mass is 10.1. The van der Waals surface area contributed by atoms with Gasteiger partial charge in [0.15, 0.2) is 11.6 Å². The summed E-state index contributed by atoms with van der Waals surface area (Å²) < 4.78 is 24.0. The van der Waals surface area contributed by atoms with Crippen LogP contribution in [0, 0.1) is 5.82 Å². The van der Waals surface area contributed by atoms with E-state index in [9.17, 15) is 14.0 Å². The van der Waals surface area contributed by atoms with Gasteiger partial charge in [0, 0.05) is 46.9 Å². The first-order chi connectivity index (χ1) is 18.0. The molecule has 2 aromatic carbocycles. The third kappa shape index (κ3) is 6.11. The average molecular weight is 531 g/mol. The molecule has 0 unspecified atom stereocenters. The van der Waals surface area contributed by atoms with E-state index in [-0.39, 0.29) is 23.8 Å². The predicted molar refractivity (Wildman–Crippen MR) is 144 cm³/mol. The van der Waals surface area contributed by atoms with Crippen molar-refractivity contribution in [3.63, 3.8) is 0 Å². The van der Waals surface area contributed by atoms with Crippen molar-refractivity contribution in [2.24, 2.45) is 0 Å². The second-order valence-corrected chi connectivity index (χ2v) is 9.66. The van der Waals surface area contributed by atoms with Crippen LogP contribution in [0.4, 0.5) is 14.9 Å². The van der Waals surface area contributed by atoms with E-state index in [0.29, 0.717) is 17.7 Å². The highest BCUT2D eigenvalue weighted by molar-refractivity contribution is 8.12. The van der Waals surface area contributed by atoms with E-state index in [0.717, 1.165) is 32.3 Å². The second-order valence-electron chi connectivity index (χ2n) is 7.83. The van der Waals surface area contributed by atoms with Gasteiger partial charge in [0.05, 0.1) is 28.6 Å². The summed E-state index contributed by atoms with van der Waals surface area (Å²) in [4.78, 5) is 33.7. The van der Waals surface area contributed by atoms with E-state index in [4.69, 9.17) is 4.74 Å². The zero-order valence-electron chi connectivity index (χ0n) is 19.2. The largest absolute Gasteiger partial charge is 0.453 e. The summed E-state index contributed by atoms with van der Waals surface area (Å²) in [6.07, 6.45) is 5.23. The van der Waals surface area contributed by atoms with Crippen LogP contribution in [0.15, 0.2) is 91.4 Å². The number of anilines is 1. The molecule has 0 saturated heterocycles. The minimum atomic E-state index is -0.648. The number of amides is 2. The highest BCUT2D eigenvalue weighted by Crippen LogP contribution is 2.39. The van der Waals surface area contributed by atoms with Crippen LogP contribution in [-0.2, 0) is 11.2 Å². The number of carbonyl (C=O) groups excluding carboxylic acids is 2. The lowest BCUT2D eigenvalue weighted by Crippen LogP contribution is -2.22. The van der Waals surface area contributed by atoms with Gasteiger partial charge in [-0.15, -0.1) is 11.3 Å². The quantitative estimate of drug-likeness (QED) is 0.234. The molecule has 0 atom stereocenters. The van der Waals surface area contributed by atoms with Crippen molar-refractivity contribution in [2.75, 3.05) is 5.32 Å². The summed E-state index contributed by atoms with van der Waals surface area (Å²) in [6.45, 7) is 0. The van der Waals surface area contributed by atoms with Crippen LogP contribution in [-0.4, -0.2) is 21.1 Å². The number of nitrogens with zero attached hydrogens (tertiary/aromatic N) is 2. The number of nitrogens with one attached hydrogen (secondary N) is 2. The molecule has 3 aromatic heterocycles. The number of rotatable bonds is 6. The summed E-state index contributed by atoms with van der Waals surface area (Å²) in [6, 6.07) is 20.7. The Morgan fingerprint density at radius 2 is 1.84 bits per heavy atom. The first-order valence-corrected chi connectivity index (χ1v) is 12.8. The third-order valence-electron chi connectivity index (χ3n) is 5.19. The molecule has 37 heavy (non-hydrogen) atoms. The van der Waals surface area contributed by atoms with Gasteiger partial charge in [-0.2, -0.15) is 0 Å². The molecule has 0 saturated carbocycles. The van der Waals surface area contributed by atoms with E-state index >= 15 is 0 Å². The lowest BCUT2D eigenvalue weighted by molar-refractivity contribution is -0.118. The molecule has 7 nitrogen and oxygen atoms in total. The summed E-state index contributed by atoms with van der Waals surface area (Å²) in [5, 5.41) is 1.99. The number of thiophene rings is 1. The summed E-state index contributed by atoms with van der Waals surface area (Å²) in [5.41, 5.74) is 2.75. The fraction of sp³-hybridized carbons (Fsp3) is 0.0370. The lowest BCUT2D eigenvalue weighted by Gasteiger charge is -2.10. The fourth-order valence-electron chi connectivity index (χ4n) is 3.49. The zero-order chi connectivity index (χ0) is 25.6. The van der Waals surface area contributed by atoms with Gasteiger partial charge in [0.25, 0.3) is 0 Å². The average Bonchev–Trinajstić information content (AvgIpc) is 3.36. The van der Waals surface area contributed by atoms with Crippen LogP contribution in [0.25, 0.3) is 20.7 Å². The number of pyridine rings is 2. The number of fused-ring (bicyclic) bond motifs is 1. The molecule has 5 rings (SSSR count). The molecule has 3 heterocycles. The van der Waals surface area contributed by atoms with Crippen LogP contribution in [0.1, 0.15) is 5.56 Å². The van der Waals surface area contributed by atoms with Gasteiger partial charge in [0.1, 0.15) is 5.75 Å². The van der Waals surface area contributed by atoms with Crippen molar-refractivity contribution in [1.29, 1.82) is 0 Å². The van der Waals surface area contributed by atoms with Gasteiger partial charge in [-0.25, -0.2) is 4.39 Å². The normalized spacial score (nSPS) is 10.7. The number of halogens is 1. The molecular formula is C27H19FN4O3S2. The van der Waals surface area contributed by atoms with Crippen molar-refractivity contribution in [1.82, 2.24) is 14.7 Å². The minimum absolute atomic E-state index is 0.00523. The van der Waals surface area contributed by atoms with Crippen molar-refractivity contribution < 1.29 is 18.7 Å². The van der Waals surface area contributed by atoms with Gasteiger partial charge in [-0.3, -0.25) is 24.3 Å². The van der Waals surface area contributed by atoms with Crippen LogP contribution in [0.5, 0.6) is 11.5 Å². The van der Waals surface area contributed by atoms with Crippen LogP contribution in [0.3, 0.4) is 0 Å². The molecule has 10 heteroatoms. The Morgan fingerprint density at radius 1 is 0.973 bits per heavy atom. The minimum Gasteiger partial charge on any atom is -0.453 e. The van der Waals surface area contributed by atoms with Gasteiger partial charge in [-0.1, -0.05) is 36.4 Å². The first kappa shape index (κ1) is 24.4. The summed E-state index contributed by atoms with van der Waals surface area (Å²) >= 11 is 2.08. The number of aromatic nitrogens is 2. The number of benzene rings is 2. The van der Waals surface area contributed by atoms with Crippen LogP contribution < -0.4 is 14.8 Å². The van der Waals surface area contributed by atoms with Crippen molar-refractivity contribution in [2.45, 2.75) is 6.42 Å². The molecule has 0 spiro atoms. The molecule has 2 amide bonds. The van der Waals surface area contributed by atoms with Crippen molar-refractivity contribution in [3.8, 4) is 21.9 Å². The molecule has 0 radical (unpaired) electrons.